The van der Waals surface area contributed by atoms with E-state index in [0.29, 0.717) is 25.0 Å². The first kappa shape index (κ1) is 16.0. The number of carbonyl (C=O) groups excluding carboxylic acids is 1. The fourth-order valence-electron chi connectivity index (χ4n) is 2.93. The van der Waals surface area contributed by atoms with E-state index in [2.05, 4.69) is 39.6 Å². The number of methoxy groups -OCH3 is 1. The highest BCUT2D eigenvalue weighted by Gasteiger charge is 2.24. The molecule has 0 spiro atoms. The Labute approximate surface area is 127 Å². The topological polar surface area (TPSA) is 50.4 Å². The Kier molecular flexibility index (Phi) is 6.70. The lowest BCUT2D eigenvalue weighted by Crippen LogP contribution is -2.50. The lowest BCUT2D eigenvalue weighted by Gasteiger charge is -2.33. The van der Waals surface area contributed by atoms with Crippen LogP contribution in [-0.4, -0.2) is 31.7 Å². The second kappa shape index (κ2) is 8.80. The molecule has 0 saturated heterocycles. The minimum absolute atomic E-state index is 0.146. The molecule has 4 nitrogen and oxygen atoms in total. The molecular weight excluding hydrogens is 264 g/mol. The molecule has 1 saturated carbocycles. The molecule has 2 N–H and O–H groups in total. The van der Waals surface area contributed by atoms with Crippen molar-refractivity contribution in [2.75, 3.05) is 13.7 Å². The first-order valence-corrected chi connectivity index (χ1v) is 7.87. The van der Waals surface area contributed by atoms with Crippen LogP contribution in [0.2, 0.25) is 0 Å². The molecule has 2 atom stereocenters. The summed E-state index contributed by atoms with van der Waals surface area (Å²) in [6, 6.07) is 11.4. The maximum Gasteiger partial charge on any atom is 0.306 e. The van der Waals surface area contributed by atoms with Gasteiger partial charge in [-0.3, -0.25) is 4.79 Å². The van der Waals surface area contributed by atoms with E-state index in [1.54, 1.807) is 0 Å². The molecule has 2 rings (SSSR count). The molecule has 0 bridgehead atoms. The zero-order valence-electron chi connectivity index (χ0n) is 12.8. The van der Waals surface area contributed by atoms with Crippen LogP contribution < -0.4 is 10.6 Å². The number of rotatable bonds is 7. The maximum atomic E-state index is 11.2. The van der Waals surface area contributed by atoms with E-state index in [1.807, 2.05) is 6.07 Å². The van der Waals surface area contributed by atoms with E-state index in [0.717, 1.165) is 6.54 Å². The molecule has 0 unspecified atom stereocenters. The van der Waals surface area contributed by atoms with E-state index in [4.69, 9.17) is 0 Å². The zero-order chi connectivity index (χ0) is 14.9. The van der Waals surface area contributed by atoms with Gasteiger partial charge in [0.2, 0.25) is 0 Å². The number of esters is 1. The van der Waals surface area contributed by atoms with Gasteiger partial charge in [-0.1, -0.05) is 43.2 Å². The molecule has 1 aliphatic carbocycles. The fraction of sp³-hybridized carbons (Fsp3) is 0.588. The molecule has 21 heavy (non-hydrogen) atoms. The Bertz CT molecular complexity index is 422. The monoisotopic (exact) mass is 290 g/mol. The van der Waals surface area contributed by atoms with Crippen molar-refractivity contribution in [3.63, 3.8) is 0 Å². The summed E-state index contributed by atoms with van der Waals surface area (Å²) in [5.41, 5.74) is 1.32. The van der Waals surface area contributed by atoms with Gasteiger partial charge in [0, 0.05) is 25.2 Å². The van der Waals surface area contributed by atoms with Crippen LogP contribution in [0.15, 0.2) is 30.3 Å². The fourth-order valence-corrected chi connectivity index (χ4v) is 2.93. The molecule has 1 aromatic carbocycles. The first-order valence-electron chi connectivity index (χ1n) is 7.87. The van der Waals surface area contributed by atoms with Crippen LogP contribution in [-0.2, 0) is 16.1 Å². The second-order valence-corrected chi connectivity index (χ2v) is 5.64. The van der Waals surface area contributed by atoms with Gasteiger partial charge in [-0.15, -0.1) is 0 Å². The minimum Gasteiger partial charge on any atom is -0.469 e. The van der Waals surface area contributed by atoms with Crippen LogP contribution in [0.1, 0.15) is 37.7 Å². The molecule has 1 aliphatic rings. The Hall–Kier alpha value is -1.39. The van der Waals surface area contributed by atoms with E-state index >= 15 is 0 Å². The first-order chi connectivity index (χ1) is 10.3. The van der Waals surface area contributed by atoms with E-state index in [9.17, 15) is 4.79 Å². The van der Waals surface area contributed by atoms with Crippen molar-refractivity contribution in [2.24, 2.45) is 0 Å². The summed E-state index contributed by atoms with van der Waals surface area (Å²) in [7, 11) is 1.44. The van der Waals surface area contributed by atoms with Gasteiger partial charge in [0.05, 0.1) is 13.5 Å². The number of hydrogen-bond acceptors (Lipinski definition) is 4. The molecule has 4 heteroatoms. The Morgan fingerprint density at radius 2 is 1.81 bits per heavy atom. The zero-order valence-corrected chi connectivity index (χ0v) is 12.8. The molecule has 0 aromatic heterocycles. The lowest BCUT2D eigenvalue weighted by atomic mass is 9.90. The van der Waals surface area contributed by atoms with Crippen LogP contribution in [0.25, 0.3) is 0 Å². The van der Waals surface area contributed by atoms with Gasteiger partial charge in [0.15, 0.2) is 0 Å². The highest BCUT2D eigenvalue weighted by Crippen LogP contribution is 2.19. The van der Waals surface area contributed by atoms with Gasteiger partial charge in [0.1, 0.15) is 0 Å². The second-order valence-electron chi connectivity index (χ2n) is 5.64. The number of nitrogens with one attached hydrogen (secondary N) is 2. The summed E-state index contributed by atoms with van der Waals surface area (Å²) in [5.74, 6) is -0.146. The Morgan fingerprint density at radius 3 is 2.48 bits per heavy atom. The van der Waals surface area contributed by atoms with Crippen molar-refractivity contribution in [3.05, 3.63) is 35.9 Å². The molecule has 116 valence electrons. The Balaban J connectivity index is 1.77. The number of carbonyl (C=O) groups is 1. The van der Waals surface area contributed by atoms with Gasteiger partial charge < -0.3 is 15.4 Å². The SMILES string of the molecule is COC(=O)CCN[C@H]1CCCC[C@@H]1NCc1ccccc1. The summed E-state index contributed by atoms with van der Waals surface area (Å²) < 4.78 is 4.68. The molecular formula is C17H26N2O2. The number of ether oxygens (including phenoxy) is 1. The summed E-state index contributed by atoms with van der Waals surface area (Å²) >= 11 is 0. The third-order valence-corrected chi connectivity index (χ3v) is 4.14. The molecule has 0 aliphatic heterocycles. The van der Waals surface area contributed by atoms with Crippen LogP contribution in [0.5, 0.6) is 0 Å². The molecule has 0 radical (unpaired) electrons. The molecule has 1 fully saturated rings. The maximum absolute atomic E-state index is 11.2. The van der Waals surface area contributed by atoms with Crippen molar-refractivity contribution in [1.29, 1.82) is 0 Å². The smallest absolute Gasteiger partial charge is 0.306 e. The average Bonchev–Trinajstić information content (AvgIpc) is 2.54. The van der Waals surface area contributed by atoms with Crippen molar-refractivity contribution in [2.45, 2.75) is 50.7 Å². The van der Waals surface area contributed by atoms with Gasteiger partial charge in [-0.05, 0) is 18.4 Å². The van der Waals surface area contributed by atoms with Gasteiger partial charge in [0.25, 0.3) is 0 Å². The standard InChI is InChI=1S/C17H26N2O2/c1-21-17(20)11-12-18-15-9-5-6-10-16(15)19-13-14-7-3-2-4-8-14/h2-4,7-8,15-16,18-19H,5-6,9-13H2,1H3/t15-,16-/m0/s1. The highest BCUT2D eigenvalue weighted by atomic mass is 16.5. The van der Waals surface area contributed by atoms with Crippen molar-refractivity contribution in [1.82, 2.24) is 10.6 Å². The van der Waals surface area contributed by atoms with Crippen molar-refractivity contribution >= 4 is 5.97 Å². The van der Waals surface area contributed by atoms with E-state index in [1.165, 1.54) is 38.4 Å². The number of hydrogen-bond donors (Lipinski definition) is 2. The summed E-state index contributed by atoms with van der Waals surface area (Å²) in [6.45, 7) is 1.60. The third kappa shape index (κ3) is 5.48. The molecule has 0 heterocycles. The molecule has 0 amide bonds. The van der Waals surface area contributed by atoms with E-state index in [-0.39, 0.29) is 5.97 Å². The van der Waals surface area contributed by atoms with Crippen LogP contribution in [0.4, 0.5) is 0 Å². The predicted octanol–water partition coefficient (Wildman–Crippen LogP) is 2.24. The average molecular weight is 290 g/mol. The molecule has 1 aromatic rings. The van der Waals surface area contributed by atoms with Crippen molar-refractivity contribution < 1.29 is 9.53 Å². The summed E-state index contributed by atoms with van der Waals surface area (Å²) in [6.07, 6.45) is 5.36. The van der Waals surface area contributed by atoms with Crippen molar-refractivity contribution in [3.8, 4) is 0 Å². The Morgan fingerprint density at radius 1 is 1.14 bits per heavy atom. The van der Waals surface area contributed by atoms with Gasteiger partial charge >= 0.3 is 5.97 Å². The number of benzene rings is 1. The van der Waals surface area contributed by atoms with Crippen LogP contribution in [0.3, 0.4) is 0 Å². The third-order valence-electron chi connectivity index (χ3n) is 4.14. The predicted molar refractivity (Wildman–Crippen MR) is 84.0 cm³/mol. The quantitative estimate of drug-likeness (QED) is 0.756. The lowest BCUT2D eigenvalue weighted by molar-refractivity contribution is -0.140. The van der Waals surface area contributed by atoms with Gasteiger partial charge in [-0.25, -0.2) is 0 Å². The highest BCUT2D eigenvalue weighted by molar-refractivity contribution is 5.69. The van der Waals surface area contributed by atoms with Crippen LogP contribution in [0, 0.1) is 0 Å². The summed E-state index contributed by atoms with van der Waals surface area (Å²) in [4.78, 5) is 11.2. The van der Waals surface area contributed by atoms with Gasteiger partial charge in [-0.2, -0.15) is 0 Å². The largest absolute Gasteiger partial charge is 0.469 e. The minimum atomic E-state index is -0.146. The summed E-state index contributed by atoms with van der Waals surface area (Å²) in [5, 5.41) is 7.17. The van der Waals surface area contributed by atoms with Crippen LogP contribution >= 0.6 is 0 Å². The van der Waals surface area contributed by atoms with E-state index < -0.39 is 0 Å². The normalized spacial score (nSPS) is 22.0.